The molecule has 0 aromatic carbocycles. The molecule has 0 aliphatic heterocycles. The molecular weight excluding hydrogens is 214 g/mol. The smallest absolute Gasteiger partial charge is 0.0446 e. The van der Waals surface area contributed by atoms with Gasteiger partial charge in [0.25, 0.3) is 0 Å². The van der Waals surface area contributed by atoms with E-state index in [0.29, 0.717) is 6.04 Å². The summed E-state index contributed by atoms with van der Waals surface area (Å²) < 4.78 is 0. The summed E-state index contributed by atoms with van der Waals surface area (Å²) in [4.78, 5) is 1.36. The first kappa shape index (κ1) is 12.0. The van der Waals surface area contributed by atoms with Gasteiger partial charge in [0.15, 0.2) is 0 Å². The van der Waals surface area contributed by atoms with Gasteiger partial charge in [0.05, 0.1) is 0 Å². The molecule has 0 saturated carbocycles. The van der Waals surface area contributed by atoms with Gasteiger partial charge in [0.1, 0.15) is 0 Å². The van der Waals surface area contributed by atoms with Crippen LogP contribution in [0.3, 0.4) is 0 Å². The second kappa shape index (κ2) is 7.29. The molecule has 2 nitrogen and oxygen atoms in total. The van der Waals surface area contributed by atoms with Crippen molar-refractivity contribution in [1.82, 2.24) is 5.32 Å². The number of hydrogen-bond donors (Lipinski definition) is 2. The van der Waals surface area contributed by atoms with Crippen LogP contribution in [0.1, 0.15) is 11.3 Å². The Morgan fingerprint density at radius 2 is 2.50 bits per heavy atom. The maximum atomic E-state index is 8.87. The molecule has 1 unspecified atom stereocenters. The van der Waals surface area contributed by atoms with Crippen molar-refractivity contribution >= 4 is 23.1 Å². The SMILES string of the molecule is CSCC(CCO)NCc1cccs1. The molecule has 4 heteroatoms. The van der Waals surface area contributed by atoms with Crippen LogP contribution >= 0.6 is 23.1 Å². The van der Waals surface area contributed by atoms with E-state index in [1.807, 2.05) is 11.8 Å². The van der Waals surface area contributed by atoms with Gasteiger partial charge >= 0.3 is 0 Å². The van der Waals surface area contributed by atoms with Crippen molar-refractivity contribution in [1.29, 1.82) is 0 Å². The van der Waals surface area contributed by atoms with E-state index >= 15 is 0 Å². The molecule has 1 aromatic rings. The quantitative estimate of drug-likeness (QED) is 0.752. The van der Waals surface area contributed by atoms with E-state index < -0.39 is 0 Å². The van der Waals surface area contributed by atoms with Gasteiger partial charge in [-0.2, -0.15) is 11.8 Å². The van der Waals surface area contributed by atoms with Crippen molar-refractivity contribution in [3.05, 3.63) is 22.4 Å². The second-order valence-corrected chi connectivity index (χ2v) is 5.07. The minimum absolute atomic E-state index is 0.267. The summed E-state index contributed by atoms with van der Waals surface area (Å²) in [6.07, 6.45) is 2.93. The number of hydrogen-bond acceptors (Lipinski definition) is 4. The van der Waals surface area contributed by atoms with E-state index in [9.17, 15) is 0 Å². The molecule has 0 saturated heterocycles. The number of thiophene rings is 1. The molecule has 1 rings (SSSR count). The lowest BCUT2D eigenvalue weighted by atomic mass is 10.2. The lowest BCUT2D eigenvalue weighted by molar-refractivity contribution is 0.270. The summed E-state index contributed by atoms with van der Waals surface area (Å²) >= 11 is 3.59. The third kappa shape index (κ3) is 4.46. The summed E-state index contributed by atoms with van der Waals surface area (Å²) in [5.41, 5.74) is 0. The van der Waals surface area contributed by atoms with Crippen molar-refractivity contribution in [3.8, 4) is 0 Å². The molecular formula is C10H17NOS2. The van der Waals surface area contributed by atoms with Gasteiger partial charge in [-0.1, -0.05) is 6.07 Å². The monoisotopic (exact) mass is 231 g/mol. The first-order chi connectivity index (χ1) is 6.86. The average molecular weight is 231 g/mol. The zero-order chi connectivity index (χ0) is 10.2. The molecule has 0 aliphatic carbocycles. The largest absolute Gasteiger partial charge is 0.396 e. The van der Waals surface area contributed by atoms with E-state index in [0.717, 1.165) is 18.7 Å². The number of thioether (sulfide) groups is 1. The molecule has 0 aliphatic rings. The predicted octanol–water partition coefficient (Wildman–Crippen LogP) is 1.95. The third-order valence-electron chi connectivity index (χ3n) is 1.99. The maximum absolute atomic E-state index is 8.87. The molecule has 1 atom stereocenters. The average Bonchev–Trinajstić information content (AvgIpc) is 2.67. The van der Waals surface area contributed by atoms with Gasteiger partial charge in [0.2, 0.25) is 0 Å². The normalized spacial score (nSPS) is 13.0. The fourth-order valence-corrected chi connectivity index (χ4v) is 2.60. The first-order valence-corrected chi connectivity index (χ1v) is 6.99. The number of aliphatic hydroxyl groups excluding tert-OH is 1. The zero-order valence-electron chi connectivity index (χ0n) is 8.40. The first-order valence-electron chi connectivity index (χ1n) is 4.72. The molecule has 14 heavy (non-hydrogen) atoms. The Bertz CT molecular complexity index is 220. The van der Waals surface area contributed by atoms with Crippen molar-refractivity contribution < 1.29 is 5.11 Å². The van der Waals surface area contributed by atoms with E-state index in [1.165, 1.54) is 4.88 Å². The molecule has 0 fully saturated rings. The van der Waals surface area contributed by atoms with E-state index in [4.69, 9.17) is 5.11 Å². The zero-order valence-corrected chi connectivity index (χ0v) is 10.0. The number of nitrogens with one attached hydrogen (secondary N) is 1. The molecule has 0 radical (unpaired) electrons. The Balaban J connectivity index is 2.25. The lowest BCUT2D eigenvalue weighted by Gasteiger charge is -2.15. The van der Waals surface area contributed by atoms with E-state index in [1.54, 1.807) is 11.3 Å². The van der Waals surface area contributed by atoms with Crippen LogP contribution in [0.5, 0.6) is 0 Å². The van der Waals surface area contributed by atoms with Crippen molar-refractivity contribution in [3.63, 3.8) is 0 Å². The minimum atomic E-state index is 0.267. The Morgan fingerprint density at radius 3 is 3.07 bits per heavy atom. The van der Waals surface area contributed by atoms with Crippen LogP contribution in [-0.4, -0.2) is 29.8 Å². The second-order valence-electron chi connectivity index (χ2n) is 3.12. The number of aliphatic hydroxyl groups is 1. The fourth-order valence-electron chi connectivity index (χ4n) is 1.26. The Morgan fingerprint density at radius 1 is 1.64 bits per heavy atom. The van der Waals surface area contributed by atoms with Crippen LogP contribution in [0.25, 0.3) is 0 Å². The Kier molecular flexibility index (Phi) is 6.27. The summed E-state index contributed by atoms with van der Waals surface area (Å²) in [5, 5.41) is 14.4. The van der Waals surface area contributed by atoms with Gasteiger partial charge in [-0.25, -0.2) is 0 Å². The van der Waals surface area contributed by atoms with Gasteiger partial charge in [-0.15, -0.1) is 11.3 Å². The number of rotatable bonds is 7. The van der Waals surface area contributed by atoms with Crippen LogP contribution in [-0.2, 0) is 6.54 Å². The fraction of sp³-hybridized carbons (Fsp3) is 0.600. The summed E-state index contributed by atoms with van der Waals surface area (Å²) in [6.45, 7) is 1.19. The highest BCUT2D eigenvalue weighted by Crippen LogP contribution is 2.09. The molecule has 2 N–H and O–H groups in total. The molecule has 0 bridgehead atoms. The van der Waals surface area contributed by atoms with Crippen molar-refractivity contribution in [2.75, 3.05) is 18.6 Å². The highest BCUT2D eigenvalue weighted by Gasteiger charge is 2.06. The maximum Gasteiger partial charge on any atom is 0.0446 e. The van der Waals surface area contributed by atoms with Gasteiger partial charge in [-0.3, -0.25) is 0 Å². The third-order valence-corrected chi connectivity index (χ3v) is 3.60. The summed E-state index contributed by atoms with van der Waals surface area (Å²) in [5.74, 6) is 1.06. The standard InChI is InChI=1S/C10H17NOS2/c1-13-8-9(4-5-12)11-7-10-3-2-6-14-10/h2-3,6,9,11-12H,4-5,7-8H2,1H3. The molecule has 0 amide bonds. The van der Waals surface area contributed by atoms with E-state index in [2.05, 4.69) is 29.1 Å². The van der Waals surface area contributed by atoms with Crippen LogP contribution in [0, 0.1) is 0 Å². The van der Waals surface area contributed by atoms with Gasteiger partial charge in [0, 0.05) is 29.8 Å². The minimum Gasteiger partial charge on any atom is -0.396 e. The molecule has 1 heterocycles. The topological polar surface area (TPSA) is 32.3 Å². The van der Waals surface area contributed by atoms with Crippen LogP contribution < -0.4 is 5.32 Å². The van der Waals surface area contributed by atoms with Crippen LogP contribution in [0.4, 0.5) is 0 Å². The van der Waals surface area contributed by atoms with Crippen molar-refractivity contribution in [2.24, 2.45) is 0 Å². The highest BCUT2D eigenvalue weighted by molar-refractivity contribution is 7.98. The Hall–Kier alpha value is -0.0300. The summed E-state index contributed by atoms with van der Waals surface area (Å²) in [7, 11) is 0. The Labute approximate surface area is 93.7 Å². The van der Waals surface area contributed by atoms with Crippen molar-refractivity contribution in [2.45, 2.75) is 19.0 Å². The highest BCUT2D eigenvalue weighted by atomic mass is 32.2. The van der Waals surface area contributed by atoms with Crippen LogP contribution in [0.15, 0.2) is 17.5 Å². The van der Waals surface area contributed by atoms with E-state index in [-0.39, 0.29) is 6.61 Å². The van der Waals surface area contributed by atoms with Gasteiger partial charge < -0.3 is 10.4 Å². The molecule has 80 valence electrons. The lowest BCUT2D eigenvalue weighted by Crippen LogP contribution is -2.31. The van der Waals surface area contributed by atoms with Gasteiger partial charge in [-0.05, 0) is 24.1 Å². The predicted molar refractivity (Wildman–Crippen MR) is 65.0 cm³/mol. The molecule has 0 spiro atoms. The van der Waals surface area contributed by atoms with Crippen LogP contribution in [0.2, 0.25) is 0 Å². The summed E-state index contributed by atoms with van der Waals surface area (Å²) in [6, 6.07) is 4.63. The molecule has 1 aromatic heterocycles.